The molecule has 0 aliphatic rings. The summed E-state index contributed by atoms with van der Waals surface area (Å²) < 4.78 is 26.5. The fraction of sp³-hybridized carbons (Fsp3) is 0.500. The lowest BCUT2D eigenvalue weighted by molar-refractivity contribution is 0.129. The molecule has 6 heteroatoms. The van der Waals surface area contributed by atoms with E-state index < -0.39 is 16.1 Å². The summed E-state index contributed by atoms with van der Waals surface area (Å²) in [6.45, 7) is 5.34. The van der Waals surface area contributed by atoms with Gasteiger partial charge in [-0.05, 0) is 30.5 Å². The molecule has 0 amide bonds. The first-order valence-corrected chi connectivity index (χ1v) is 7.54. The Balaban J connectivity index is 2.90. The lowest BCUT2D eigenvalue weighted by Crippen LogP contribution is -2.35. The number of benzene rings is 1. The molecule has 1 atom stereocenters. The third-order valence-electron chi connectivity index (χ3n) is 2.69. The van der Waals surface area contributed by atoms with Gasteiger partial charge in [0.1, 0.15) is 0 Å². The van der Waals surface area contributed by atoms with Gasteiger partial charge in [-0.2, -0.15) is 0 Å². The molecule has 4 nitrogen and oxygen atoms in total. The van der Waals surface area contributed by atoms with E-state index in [1.165, 1.54) is 6.07 Å². The van der Waals surface area contributed by atoms with Crippen molar-refractivity contribution < 1.29 is 13.5 Å². The van der Waals surface area contributed by atoms with Gasteiger partial charge >= 0.3 is 0 Å². The van der Waals surface area contributed by atoms with Crippen LogP contribution in [0.25, 0.3) is 0 Å². The molecule has 0 bridgehead atoms. The summed E-state index contributed by atoms with van der Waals surface area (Å²) >= 11 is 5.79. The highest BCUT2D eigenvalue weighted by molar-refractivity contribution is 7.89. The third kappa shape index (κ3) is 3.95. The van der Waals surface area contributed by atoms with Gasteiger partial charge in [-0.1, -0.05) is 31.5 Å². The number of hydrogen-bond acceptors (Lipinski definition) is 3. The standard InChI is InChI=1S/C12H18ClNO3S/c1-8(2)11(15)7-14-18(16,17)12-6-10(13)5-4-9(12)3/h4-6,8,11,14-15H,7H2,1-3H3. The van der Waals surface area contributed by atoms with Crippen LogP contribution in [0.2, 0.25) is 5.02 Å². The molecule has 0 aliphatic carbocycles. The Morgan fingerprint density at radius 1 is 1.39 bits per heavy atom. The lowest BCUT2D eigenvalue weighted by atomic mass is 10.1. The molecule has 0 heterocycles. The van der Waals surface area contributed by atoms with Gasteiger partial charge in [-0.3, -0.25) is 0 Å². The second-order valence-electron chi connectivity index (χ2n) is 4.57. The number of nitrogens with one attached hydrogen (secondary N) is 1. The molecule has 102 valence electrons. The van der Waals surface area contributed by atoms with Crippen molar-refractivity contribution in [3.05, 3.63) is 28.8 Å². The van der Waals surface area contributed by atoms with Gasteiger partial charge in [0.25, 0.3) is 0 Å². The van der Waals surface area contributed by atoms with Gasteiger partial charge in [0, 0.05) is 11.6 Å². The Labute approximate surface area is 113 Å². The van der Waals surface area contributed by atoms with Crippen molar-refractivity contribution in [1.82, 2.24) is 4.72 Å². The summed E-state index contributed by atoms with van der Waals surface area (Å²) in [5, 5.41) is 9.97. The number of hydrogen-bond donors (Lipinski definition) is 2. The SMILES string of the molecule is Cc1ccc(Cl)cc1S(=O)(=O)NCC(O)C(C)C. The number of rotatable bonds is 5. The van der Waals surface area contributed by atoms with Gasteiger partial charge in [0.2, 0.25) is 10.0 Å². The molecule has 0 saturated carbocycles. The van der Waals surface area contributed by atoms with Gasteiger partial charge < -0.3 is 5.11 Å². The second-order valence-corrected chi connectivity index (χ2v) is 6.74. The summed E-state index contributed by atoms with van der Waals surface area (Å²) in [6.07, 6.45) is -0.709. The van der Waals surface area contributed by atoms with E-state index in [4.69, 9.17) is 11.6 Å². The molecule has 18 heavy (non-hydrogen) atoms. The average Bonchev–Trinajstić information content (AvgIpc) is 2.29. The maximum Gasteiger partial charge on any atom is 0.240 e. The van der Waals surface area contributed by atoms with E-state index in [0.717, 1.165) is 0 Å². The van der Waals surface area contributed by atoms with Gasteiger partial charge in [0.15, 0.2) is 0 Å². The Bertz CT molecular complexity index is 514. The Hall–Kier alpha value is -0.620. The van der Waals surface area contributed by atoms with Crippen molar-refractivity contribution in [2.45, 2.75) is 31.8 Å². The first kappa shape index (κ1) is 15.4. The van der Waals surface area contributed by atoms with Crippen LogP contribution in [-0.2, 0) is 10.0 Å². The van der Waals surface area contributed by atoms with Crippen LogP contribution in [0.1, 0.15) is 19.4 Å². The van der Waals surface area contributed by atoms with Crippen LogP contribution < -0.4 is 4.72 Å². The maximum absolute atomic E-state index is 12.1. The molecule has 0 fully saturated rings. The second kappa shape index (κ2) is 6.02. The number of aryl methyl sites for hydroxylation is 1. The Kier molecular flexibility index (Phi) is 5.16. The summed E-state index contributed by atoms with van der Waals surface area (Å²) in [5.41, 5.74) is 0.617. The van der Waals surface area contributed by atoms with Crippen LogP contribution in [0.15, 0.2) is 23.1 Å². The number of aliphatic hydroxyl groups excluding tert-OH is 1. The van der Waals surface area contributed by atoms with Crippen LogP contribution >= 0.6 is 11.6 Å². The van der Waals surface area contributed by atoms with E-state index in [1.54, 1.807) is 19.1 Å². The first-order valence-electron chi connectivity index (χ1n) is 5.68. The molecular weight excluding hydrogens is 274 g/mol. The molecule has 0 radical (unpaired) electrons. The van der Waals surface area contributed by atoms with Crippen molar-refractivity contribution in [1.29, 1.82) is 0 Å². The highest BCUT2D eigenvalue weighted by Gasteiger charge is 2.19. The predicted molar refractivity (Wildman–Crippen MR) is 72.2 cm³/mol. The molecule has 0 aliphatic heterocycles. The van der Waals surface area contributed by atoms with Crippen LogP contribution in [0, 0.1) is 12.8 Å². The fourth-order valence-electron chi connectivity index (χ4n) is 1.37. The smallest absolute Gasteiger partial charge is 0.240 e. The molecule has 0 aromatic heterocycles. The minimum Gasteiger partial charge on any atom is -0.391 e. The van der Waals surface area contributed by atoms with Crippen LogP contribution in [0.4, 0.5) is 0 Å². The molecule has 2 N–H and O–H groups in total. The molecule has 0 saturated heterocycles. The molecule has 1 unspecified atom stereocenters. The summed E-state index contributed by atoms with van der Waals surface area (Å²) in [6, 6.07) is 4.69. The van der Waals surface area contributed by atoms with Crippen molar-refractivity contribution in [2.24, 2.45) is 5.92 Å². The number of halogens is 1. The van der Waals surface area contributed by atoms with E-state index in [9.17, 15) is 13.5 Å². The van der Waals surface area contributed by atoms with E-state index in [-0.39, 0.29) is 17.4 Å². The van der Waals surface area contributed by atoms with E-state index >= 15 is 0 Å². The first-order chi connectivity index (χ1) is 8.24. The van der Waals surface area contributed by atoms with Crippen molar-refractivity contribution in [3.8, 4) is 0 Å². The third-order valence-corrected chi connectivity index (χ3v) is 4.49. The Morgan fingerprint density at radius 2 is 2.00 bits per heavy atom. The topological polar surface area (TPSA) is 66.4 Å². The van der Waals surface area contributed by atoms with Gasteiger partial charge in [-0.15, -0.1) is 0 Å². The van der Waals surface area contributed by atoms with Crippen molar-refractivity contribution >= 4 is 21.6 Å². The summed E-state index contributed by atoms with van der Waals surface area (Å²) in [4.78, 5) is 0.144. The maximum atomic E-state index is 12.1. The molecule has 0 spiro atoms. The zero-order valence-corrected chi connectivity index (χ0v) is 12.2. The van der Waals surface area contributed by atoms with Crippen LogP contribution in [0.5, 0.6) is 0 Å². The fourth-order valence-corrected chi connectivity index (χ4v) is 2.93. The zero-order valence-electron chi connectivity index (χ0n) is 10.6. The molecule has 1 aromatic carbocycles. The zero-order chi connectivity index (χ0) is 13.9. The molecular formula is C12H18ClNO3S. The van der Waals surface area contributed by atoms with Gasteiger partial charge in [0.05, 0.1) is 11.0 Å². The number of aliphatic hydroxyl groups is 1. The molecule has 1 aromatic rings. The van der Waals surface area contributed by atoms with Crippen LogP contribution in [-0.4, -0.2) is 26.2 Å². The summed E-state index contributed by atoms with van der Waals surface area (Å²) in [5.74, 6) is -0.00633. The normalized spacial score (nSPS) is 13.9. The van der Waals surface area contributed by atoms with E-state index in [0.29, 0.717) is 10.6 Å². The highest BCUT2D eigenvalue weighted by Crippen LogP contribution is 2.20. The number of sulfonamides is 1. The predicted octanol–water partition coefficient (Wildman–Crippen LogP) is 1.94. The highest BCUT2D eigenvalue weighted by atomic mass is 35.5. The molecule has 1 rings (SSSR count). The average molecular weight is 292 g/mol. The largest absolute Gasteiger partial charge is 0.391 e. The van der Waals surface area contributed by atoms with Crippen molar-refractivity contribution in [2.75, 3.05) is 6.54 Å². The quantitative estimate of drug-likeness (QED) is 0.871. The lowest BCUT2D eigenvalue weighted by Gasteiger charge is -2.16. The minimum absolute atomic E-state index is 0.00633. The minimum atomic E-state index is -3.64. The van der Waals surface area contributed by atoms with Crippen LogP contribution in [0.3, 0.4) is 0 Å². The van der Waals surface area contributed by atoms with Crippen molar-refractivity contribution in [3.63, 3.8) is 0 Å². The van der Waals surface area contributed by atoms with E-state index in [2.05, 4.69) is 4.72 Å². The van der Waals surface area contributed by atoms with E-state index in [1.807, 2.05) is 13.8 Å². The summed E-state index contributed by atoms with van der Waals surface area (Å²) in [7, 11) is -3.64. The van der Waals surface area contributed by atoms with Gasteiger partial charge in [-0.25, -0.2) is 13.1 Å². The Morgan fingerprint density at radius 3 is 2.56 bits per heavy atom. The monoisotopic (exact) mass is 291 g/mol.